The van der Waals surface area contributed by atoms with E-state index in [0.29, 0.717) is 44.0 Å². The van der Waals surface area contributed by atoms with Crippen LogP contribution in [-0.2, 0) is 14.4 Å². The summed E-state index contributed by atoms with van der Waals surface area (Å²) in [6.07, 6.45) is 6.91. The molecule has 288 valence electrons. The zero-order chi connectivity index (χ0) is 38.3. The molecule has 2 saturated heterocycles. The Balaban J connectivity index is 1.32. The molecule has 16 heteroatoms. The number of nitrogens with one attached hydrogen (secondary N) is 2. The highest BCUT2D eigenvalue weighted by molar-refractivity contribution is 6.01. The van der Waals surface area contributed by atoms with Crippen LogP contribution in [-0.4, -0.2) is 113 Å². The normalized spacial score (nSPS) is 17.8. The van der Waals surface area contributed by atoms with E-state index in [0.717, 1.165) is 70.1 Å². The van der Waals surface area contributed by atoms with E-state index < -0.39 is 35.2 Å². The maximum atomic E-state index is 15.6. The van der Waals surface area contributed by atoms with Gasteiger partial charge in [-0.2, -0.15) is 0 Å². The number of hydrogen-bond donors (Lipinski definition) is 2. The highest BCUT2D eigenvalue weighted by atomic mass is 19.1. The molecule has 1 spiro atoms. The monoisotopic (exact) mass is 738 g/mol. The van der Waals surface area contributed by atoms with Crippen LogP contribution in [0.1, 0.15) is 77.6 Å². The Hall–Kier alpha value is -4.70. The Kier molecular flexibility index (Phi) is 13.0. The predicted octanol–water partition coefficient (Wildman–Crippen LogP) is 3.49. The Morgan fingerprint density at radius 1 is 1.04 bits per heavy atom. The maximum Gasteiger partial charge on any atom is 0.336 e. The van der Waals surface area contributed by atoms with Crippen molar-refractivity contribution in [3.63, 3.8) is 0 Å². The summed E-state index contributed by atoms with van der Waals surface area (Å²) in [4.78, 5) is 60.5. The van der Waals surface area contributed by atoms with Gasteiger partial charge in [0.25, 0.3) is 11.8 Å². The summed E-state index contributed by atoms with van der Waals surface area (Å²) in [6, 6.07) is 1.09. The van der Waals surface area contributed by atoms with Crippen molar-refractivity contribution in [2.75, 3.05) is 57.3 Å². The van der Waals surface area contributed by atoms with Crippen molar-refractivity contribution in [1.29, 1.82) is 0 Å². The van der Waals surface area contributed by atoms with Gasteiger partial charge in [0.1, 0.15) is 6.33 Å². The minimum absolute atomic E-state index is 0.00620. The van der Waals surface area contributed by atoms with Gasteiger partial charge in [0.15, 0.2) is 17.4 Å². The van der Waals surface area contributed by atoms with Gasteiger partial charge in [-0.25, -0.2) is 19.0 Å². The number of benzene rings is 1. The lowest BCUT2D eigenvalue weighted by molar-refractivity contribution is -0.133. The van der Waals surface area contributed by atoms with E-state index in [2.05, 4.69) is 49.5 Å². The first kappa shape index (κ1) is 39.5. The number of ether oxygens (including phenoxy) is 3. The molecule has 3 aliphatic heterocycles. The molecule has 15 nitrogen and oxygen atoms in total. The second kappa shape index (κ2) is 17.4. The van der Waals surface area contributed by atoms with Gasteiger partial charge in [-0.15, -0.1) is 10.2 Å². The van der Waals surface area contributed by atoms with Crippen LogP contribution < -0.4 is 29.7 Å². The lowest BCUT2D eigenvalue weighted by Crippen LogP contribution is -2.62. The zero-order valence-corrected chi connectivity index (χ0v) is 31.4. The minimum atomic E-state index is -1.09. The second-order valence-electron chi connectivity index (χ2n) is 14.6. The molecular formula is C37H51FN8O7. The number of likely N-dealkylation sites (tertiary alicyclic amines) is 1. The van der Waals surface area contributed by atoms with Crippen LogP contribution in [0.15, 0.2) is 24.5 Å². The van der Waals surface area contributed by atoms with E-state index in [1.807, 2.05) is 13.8 Å². The van der Waals surface area contributed by atoms with Gasteiger partial charge in [-0.3, -0.25) is 14.5 Å². The molecule has 0 radical (unpaired) electrons. The summed E-state index contributed by atoms with van der Waals surface area (Å²) >= 11 is 0. The molecule has 0 unspecified atom stereocenters. The van der Waals surface area contributed by atoms with Crippen molar-refractivity contribution < 1.29 is 37.8 Å². The van der Waals surface area contributed by atoms with Gasteiger partial charge in [0.05, 0.1) is 5.56 Å². The number of rotatable bonds is 16. The number of hydrogen-bond acceptors (Lipinski definition) is 13. The molecule has 3 aliphatic rings. The summed E-state index contributed by atoms with van der Waals surface area (Å²) in [7, 11) is 0. The van der Waals surface area contributed by atoms with Gasteiger partial charge in [-0.05, 0) is 71.5 Å². The third kappa shape index (κ3) is 9.46. The Morgan fingerprint density at radius 2 is 1.74 bits per heavy atom. The van der Waals surface area contributed by atoms with E-state index >= 15 is 4.39 Å². The first-order chi connectivity index (χ1) is 25.3. The van der Waals surface area contributed by atoms with Gasteiger partial charge in [-0.1, -0.05) is 13.8 Å². The van der Waals surface area contributed by atoms with Gasteiger partial charge in [0.2, 0.25) is 17.4 Å². The quantitative estimate of drug-likeness (QED) is 0.146. The van der Waals surface area contributed by atoms with E-state index in [9.17, 15) is 19.2 Å². The molecule has 2 aromatic rings. The van der Waals surface area contributed by atoms with Gasteiger partial charge < -0.3 is 34.6 Å². The van der Waals surface area contributed by atoms with Crippen molar-refractivity contribution >= 4 is 29.6 Å². The Morgan fingerprint density at radius 3 is 2.40 bits per heavy atom. The summed E-state index contributed by atoms with van der Waals surface area (Å²) in [5, 5.41) is 14.4. The van der Waals surface area contributed by atoms with Crippen LogP contribution in [0.25, 0.3) is 0 Å². The van der Waals surface area contributed by atoms with Crippen molar-refractivity contribution in [1.82, 2.24) is 35.6 Å². The molecule has 4 heterocycles. The summed E-state index contributed by atoms with van der Waals surface area (Å²) in [6.45, 7) is 17.5. The second-order valence-corrected chi connectivity index (χ2v) is 14.6. The molecule has 1 aromatic heterocycles. The molecular weight excluding hydrogens is 687 g/mol. The number of esters is 2. The number of nitrogens with zero attached hydrogens (tertiary/aromatic N) is 6. The lowest BCUT2D eigenvalue weighted by Gasteiger charge is -2.53. The molecule has 53 heavy (non-hydrogen) atoms. The predicted molar refractivity (Wildman–Crippen MR) is 193 cm³/mol. The number of carbonyl (C=O) groups excluding carboxylic acids is 4. The molecule has 0 aliphatic carbocycles. The van der Waals surface area contributed by atoms with Crippen molar-refractivity contribution in [2.24, 2.45) is 11.3 Å². The number of anilines is 1. The molecule has 2 fully saturated rings. The topological polar surface area (TPSA) is 168 Å². The van der Waals surface area contributed by atoms with Crippen molar-refractivity contribution in [2.45, 2.75) is 79.3 Å². The Bertz CT molecular complexity index is 1700. The fourth-order valence-electron chi connectivity index (χ4n) is 7.38. The fourth-order valence-corrected chi connectivity index (χ4v) is 7.38. The van der Waals surface area contributed by atoms with Crippen LogP contribution in [0.2, 0.25) is 0 Å². The van der Waals surface area contributed by atoms with E-state index in [-0.39, 0.29) is 34.6 Å². The van der Waals surface area contributed by atoms with Crippen LogP contribution >= 0.6 is 0 Å². The zero-order valence-electron chi connectivity index (χ0n) is 31.4. The number of fused-ring (bicyclic) bond motifs is 1. The van der Waals surface area contributed by atoms with Crippen LogP contribution in [0, 0.1) is 17.2 Å². The smallest absolute Gasteiger partial charge is 0.336 e. The summed E-state index contributed by atoms with van der Waals surface area (Å²) < 4.78 is 32.5. The largest absolute Gasteiger partial charge is 0.430 e. The molecule has 2 N–H and O–H groups in total. The molecule has 1 atom stereocenters. The minimum Gasteiger partial charge on any atom is -0.430 e. The number of amides is 2. The summed E-state index contributed by atoms with van der Waals surface area (Å²) in [5.74, 6) is -4.53. The number of aromatic nitrogens is 3. The van der Waals surface area contributed by atoms with E-state index in [1.54, 1.807) is 6.92 Å². The third-order valence-corrected chi connectivity index (χ3v) is 9.94. The first-order valence-electron chi connectivity index (χ1n) is 18.4. The Labute approximate surface area is 309 Å². The molecule has 0 bridgehead atoms. The highest BCUT2D eigenvalue weighted by Gasteiger charge is 2.50. The van der Waals surface area contributed by atoms with Gasteiger partial charge in [0, 0.05) is 75.8 Å². The number of halogens is 1. The standard InChI is InChI=1S/C37H51FN8O7/c1-7-46(24(4)5)36(50)26-18-27(38)32-33(52-30(49)12-11-29(48)51-32)31(26)53-35-34(41-22-42-43-35)44-17-13-37(19-44)20-45(21-37)28(23(2)3)10-8-14-39-15-9-16-40-25(6)47/h11-12,18,22-24,28,39H,7-10,13-17,19-21H2,1-6H3,(H,40,47)/b12-11+/t28-/m1/s1. The van der Waals surface area contributed by atoms with E-state index in [4.69, 9.17) is 14.2 Å². The maximum absolute atomic E-state index is 15.6. The number of carbonyl (C=O) groups is 4. The first-order valence-corrected chi connectivity index (χ1v) is 18.4. The van der Waals surface area contributed by atoms with Crippen molar-refractivity contribution in [3.05, 3.63) is 35.9 Å². The van der Waals surface area contributed by atoms with Crippen LogP contribution in [0.4, 0.5) is 10.2 Å². The summed E-state index contributed by atoms with van der Waals surface area (Å²) in [5.41, 5.74) is -0.215. The molecule has 0 saturated carbocycles. The molecule has 2 amide bonds. The lowest BCUT2D eigenvalue weighted by atomic mass is 9.76. The average molecular weight is 739 g/mol. The fraction of sp³-hybridized carbons (Fsp3) is 0.595. The SMILES string of the molecule is CCN(C(=O)c1cc(F)c2c(c1Oc1nncnc1N1CCC3(C1)CN([C@H](CCCNCCCNC(C)=O)C(C)C)C3)OC(=O)/C=C/C(=O)O2)C(C)C. The van der Waals surface area contributed by atoms with Crippen molar-refractivity contribution in [3.8, 4) is 23.1 Å². The third-order valence-electron chi connectivity index (χ3n) is 9.94. The van der Waals surface area contributed by atoms with Crippen LogP contribution in [0.5, 0.6) is 23.1 Å². The average Bonchev–Trinajstić information content (AvgIpc) is 3.54. The van der Waals surface area contributed by atoms with Crippen LogP contribution in [0.3, 0.4) is 0 Å². The van der Waals surface area contributed by atoms with Gasteiger partial charge >= 0.3 is 11.9 Å². The molecule has 5 rings (SSSR count). The highest BCUT2D eigenvalue weighted by Crippen LogP contribution is 2.48. The van der Waals surface area contributed by atoms with E-state index in [1.165, 1.54) is 18.2 Å². The molecule has 1 aromatic carbocycles.